The van der Waals surface area contributed by atoms with E-state index in [1.807, 2.05) is 30.3 Å². The summed E-state index contributed by atoms with van der Waals surface area (Å²) in [5.41, 5.74) is 0.881. The van der Waals surface area contributed by atoms with Gasteiger partial charge in [-0.25, -0.2) is 10.2 Å². The van der Waals surface area contributed by atoms with Gasteiger partial charge in [0.2, 0.25) is 0 Å². The molecule has 1 aromatic carbocycles. The molecule has 4 nitrogen and oxygen atoms in total. The van der Waals surface area contributed by atoms with E-state index in [1.54, 1.807) is 0 Å². The summed E-state index contributed by atoms with van der Waals surface area (Å²) in [5.74, 6) is 0. The zero-order chi connectivity index (χ0) is 15.4. The molecule has 0 aromatic heterocycles. The van der Waals surface area contributed by atoms with Gasteiger partial charge in [0, 0.05) is 18.8 Å². The maximum absolute atomic E-state index is 13.0. The van der Waals surface area contributed by atoms with Crippen molar-refractivity contribution in [3.05, 3.63) is 30.3 Å². The molecule has 0 spiro atoms. The van der Waals surface area contributed by atoms with Crippen LogP contribution in [0.5, 0.6) is 0 Å². The van der Waals surface area contributed by atoms with Gasteiger partial charge in [0.1, 0.15) is 0 Å². The molecule has 0 aliphatic carbocycles. The minimum atomic E-state index is -2.77. The predicted molar refractivity (Wildman–Crippen MR) is 92.7 cm³/mol. The monoisotopic (exact) mass is 311 g/mol. The first-order chi connectivity index (χ1) is 10.2. The van der Waals surface area contributed by atoms with Gasteiger partial charge in [0.25, 0.3) is 0 Å². The first-order valence-corrected chi connectivity index (χ1v) is 9.84. The Hall–Kier alpha value is -0.830. The van der Waals surface area contributed by atoms with Gasteiger partial charge < -0.3 is 5.09 Å². The Morgan fingerprint density at radius 2 is 1.38 bits per heavy atom. The van der Waals surface area contributed by atoms with E-state index in [0.717, 1.165) is 44.5 Å². The summed E-state index contributed by atoms with van der Waals surface area (Å²) in [6.07, 6.45) is 6.76. The third kappa shape index (κ3) is 8.25. The van der Waals surface area contributed by atoms with Crippen molar-refractivity contribution in [1.82, 2.24) is 10.2 Å². The average Bonchev–Trinajstić information content (AvgIpc) is 2.49. The molecule has 1 aromatic rings. The number of hydrogen-bond donors (Lipinski definition) is 3. The quantitative estimate of drug-likeness (QED) is 0.384. The summed E-state index contributed by atoms with van der Waals surface area (Å²) >= 11 is 0. The summed E-state index contributed by atoms with van der Waals surface area (Å²) in [4.78, 5) is 0. The molecule has 3 N–H and O–H groups in total. The fraction of sp³-hybridized carbons (Fsp3) is 0.625. The number of rotatable bonds is 12. The molecule has 0 bridgehead atoms. The lowest BCUT2D eigenvalue weighted by molar-refractivity contribution is 0.549. The molecular weight excluding hydrogens is 281 g/mol. The summed E-state index contributed by atoms with van der Waals surface area (Å²) < 4.78 is 13.0. The van der Waals surface area contributed by atoms with Crippen molar-refractivity contribution in [1.29, 1.82) is 0 Å². The minimum Gasteiger partial charge on any atom is -0.313 e. The van der Waals surface area contributed by atoms with Crippen molar-refractivity contribution >= 4 is 13.3 Å². The van der Waals surface area contributed by atoms with Gasteiger partial charge >= 0.3 is 7.59 Å². The average molecular weight is 311 g/mol. The van der Waals surface area contributed by atoms with E-state index in [-0.39, 0.29) is 0 Å². The van der Waals surface area contributed by atoms with E-state index in [1.165, 1.54) is 12.8 Å². The summed E-state index contributed by atoms with van der Waals surface area (Å²) in [5, 5.41) is 9.52. The van der Waals surface area contributed by atoms with Gasteiger partial charge in [-0.2, -0.15) is 0 Å². The molecule has 0 unspecified atom stereocenters. The predicted octanol–water partition coefficient (Wildman–Crippen LogP) is 4.77. The Bertz CT molecular complexity index is 395. The van der Waals surface area contributed by atoms with Crippen molar-refractivity contribution in [3.63, 3.8) is 0 Å². The van der Waals surface area contributed by atoms with E-state index < -0.39 is 7.59 Å². The van der Waals surface area contributed by atoms with Crippen LogP contribution in [0.4, 0.5) is 5.69 Å². The van der Waals surface area contributed by atoms with Crippen LogP contribution < -0.4 is 15.3 Å². The molecule has 0 radical (unpaired) electrons. The normalized spacial score (nSPS) is 11.5. The highest BCUT2D eigenvalue weighted by molar-refractivity contribution is 7.61. The maximum Gasteiger partial charge on any atom is 0.303 e. The second-order valence-corrected chi connectivity index (χ2v) is 7.39. The molecule has 0 heterocycles. The summed E-state index contributed by atoms with van der Waals surface area (Å²) in [6.45, 7) is 5.88. The van der Waals surface area contributed by atoms with Crippen LogP contribution in [0.2, 0.25) is 0 Å². The second kappa shape index (κ2) is 10.8. The fourth-order valence-electron chi connectivity index (χ4n) is 2.05. The number of hydrogen-bond acceptors (Lipinski definition) is 1. The van der Waals surface area contributed by atoms with Crippen LogP contribution in [0.3, 0.4) is 0 Å². The van der Waals surface area contributed by atoms with Gasteiger partial charge in [0.15, 0.2) is 0 Å². The Balaban J connectivity index is 2.53. The molecule has 0 saturated heterocycles. The smallest absolute Gasteiger partial charge is 0.303 e. The standard InChI is InChI=1S/C16H30N3OP/c1-3-5-10-14-17-21(20,18-15-11-6-4-2)19-16-12-8-7-9-13-16/h7-9,12-13H,3-6,10-11,14-15H2,1-2H3,(H3,17,18,19,20). The molecule has 21 heavy (non-hydrogen) atoms. The molecular formula is C16H30N3OP. The lowest BCUT2D eigenvalue weighted by Crippen LogP contribution is -2.28. The summed E-state index contributed by atoms with van der Waals surface area (Å²) in [6, 6.07) is 9.73. The van der Waals surface area contributed by atoms with Crippen LogP contribution >= 0.6 is 7.59 Å². The molecule has 120 valence electrons. The van der Waals surface area contributed by atoms with Crippen LogP contribution in [-0.4, -0.2) is 13.1 Å². The highest BCUT2D eigenvalue weighted by atomic mass is 31.2. The molecule has 0 fully saturated rings. The molecule has 0 saturated carbocycles. The Labute approximate surface area is 129 Å². The minimum absolute atomic E-state index is 0.770. The van der Waals surface area contributed by atoms with Gasteiger partial charge in [-0.05, 0) is 25.0 Å². The van der Waals surface area contributed by atoms with E-state index in [9.17, 15) is 4.57 Å². The largest absolute Gasteiger partial charge is 0.313 e. The molecule has 5 heteroatoms. The number of unbranched alkanes of at least 4 members (excludes halogenated alkanes) is 4. The van der Waals surface area contributed by atoms with Crippen molar-refractivity contribution < 1.29 is 4.57 Å². The highest BCUT2D eigenvalue weighted by Gasteiger charge is 2.19. The Morgan fingerprint density at radius 1 is 0.857 bits per heavy atom. The van der Waals surface area contributed by atoms with Crippen LogP contribution in [0.1, 0.15) is 52.4 Å². The lowest BCUT2D eigenvalue weighted by Gasteiger charge is -2.22. The van der Waals surface area contributed by atoms with Gasteiger partial charge in [-0.15, -0.1) is 0 Å². The van der Waals surface area contributed by atoms with Gasteiger partial charge in [-0.1, -0.05) is 57.7 Å². The van der Waals surface area contributed by atoms with E-state index >= 15 is 0 Å². The lowest BCUT2D eigenvalue weighted by atomic mass is 10.3. The number of para-hydroxylation sites is 1. The molecule has 0 aliphatic heterocycles. The number of benzene rings is 1. The van der Waals surface area contributed by atoms with Crippen molar-refractivity contribution in [2.45, 2.75) is 52.4 Å². The van der Waals surface area contributed by atoms with Gasteiger partial charge in [-0.3, -0.25) is 4.57 Å². The molecule has 0 aliphatic rings. The number of anilines is 1. The van der Waals surface area contributed by atoms with Crippen LogP contribution in [0.25, 0.3) is 0 Å². The first kappa shape index (κ1) is 18.2. The van der Waals surface area contributed by atoms with Crippen molar-refractivity contribution in [3.8, 4) is 0 Å². The van der Waals surface area contributed by atoms with E-state index in [4.69, 9.17) is 0 Å². The van der Waals surface area contributed by atoms with Gasteiger partial charge in [0.05, 0.1) is 0 Å². The second-order valence-electron chi connectivity index (χ2n) is 5.32. The zero-order valence-electron chi connectivity index (χ0n) is 13.4. The fourth-order valence-corrected chi connectivity index (χ4v) is 3.78. The highest BCUT2D eigenvalue weighted by Crippen LogP contribution is 2.36. The summed E-state index contributed by atoms with van der Waals surface area (Å²) in [7, 11) is -2.77. The topological polar surface area (TPSA) is 53.2 Å². The van der Waals surface area contributed by atoms with E-state index in [2.05, 4.69) is 29.1 Å². The first-order valence-electron chi connectivity index (χ1n) is 8.14. The van der Waals surface area contributed by atoms with Crippen molar-refractivity contribution in [2.75, 3.05) is 18.2 Å². The van der Waals surface area contributed by atoms with E-state index in [0.29, 0.717) is 0 Å². The molecule has 0 atom stereocenters. The molecule has 0 amide bonds. The van der Waals surface area contributed by atoms with Crippen molar-refractivity contribution in [2.24, 2.45) is 0 Å². The van der Waals surface area contributed by atoms with Crippen LogP contribution in [0, 0.1) is 0 Å². The maximum atomic E-state index is 13.0. The molecule has 1 rings (SSSR count). The third-order valence-corrected chi connectivity index (χ3v) is 5.20. The third-order valence-electron chi connectivity index (χ3n) is 3.29. The number of nitrogens with one attached hydrogen (secondary N) is 3. The van der Waals surface area contributed by atoms with Crippen LogP contribution in [-0.2, 0) is 4.57 Å². The zero-order valence-corrected chi connectivity index (χ0v) is 14.3. The Morgan fingerprint density at radius 3 is 1.86 bits per heavy atom. The van der Waals surface area contributed by atoms with Crippen LogP contribution in [0.15, 0.2) is 30.3 Å². The Kier molecular flexibility index (Phi) is 9.40. The SMILES string of the molecule is CCCCCNP(=O)(NCCCCC)Nc1ccccc1.